The first-order chi connectivity index (χ1) is 12.1. The normalized spacial score (nSPS) is 32.9. The van der Waals surface area contributed by atoms with Crippen molar-refractivity contribution in [3.63, 3.8) is 0 Å². The number of carbonyl (C=O) groups excluding carboxylic acids is 2. The summed E-state index contributed by atoms with van der Waals surface area (Å²) in [5, 5.41) is 3.64. The molecule has 3 heterocycles. The molecule has 2 fully saturated rings. The summed E-state index contributed by atoms with van der Waals surface area (Å²) < 4.78 is 4.95. The number of nitrogens with one attached hydrogen (secondary N) is 1. The fourth-order valence-corrected chi connectivity index (χ4v) is 5.10. The molecule has 1 N–H and O–H groups in total. The Hall–Kier alpha value is -2.30. The number of hydrogen-bond acceptors (Lipinski definition) is 4. The summed E-state index contributed by atoms with van der Waals surface area (Å²) in [6.45, 7) is 4.80. The highest BCUT2D eigenvalue weighted by atomic mass is 16.5. The lowest BCUT2D eigenvalue weighted by molar-refractivity contribution is -0.152. The first-order valence-electron chi connectivity index (χ1n) is 8.95. The first kappa shape index (κ1) is 16.2. The van der Waals surface area contributed by atoms with Gasteiger partial charge in [-0.3, -0.25) is 9.59 Å². The average Bonchev–Trinajstić information content (AvgIpc) is 3.00. The molecule has 0 spiro atoms. The summed E-state index contributed by atoms with van der Waals surface area (Å²) >= 11 is 0. The van der Waals surface area contributed by atoms with Gasteiger partial charge in [0.05, 0.1) is 25.6 Å². The molecule has 0 unspecified atom stereocenters. The number of nitrogens with zero attached hydrogens (tertiary/aromatic N) is 1. The third-order valence-corrected chi connectivity index (χ3v) is 6.24. The summed E-state index contributed by atoms with van der Waals surface area (Å²) in [5.74, 6) is 0.0902. The Morgan fingerprint density at radius 3 is 3.04 bits per heavy atom. The van der Waals surface area contributed by atoms with E-state index in [1.54, 1.807) is 0 Å². The highest BCUT2D eigenvalue weighted by molar-refractivity contribution is 5.82. The van der Waals surface area contributed by atoms with Gasteiger partial charge in [-0.2, -0.15) is 0 Å². The summed E-state index contributed by atoms with van der Waals surface area (Å²) in [6.07, 6.45) is 4.41. The van der Waals surface area contributed by atoms with Gasteiger partial charge in [0.1, 0.15) is 0 Å². The zero-order valence-corrected chi connectivity index (χ0v) is 14.5. The summed E-state index contributed by atoms with van der Waals surface area (Å²) in [4.78, 5) is 27.0. The molecular weight excluding hydrogens is 316 g/mol. The Morgan fingerprint density at radius 1 is 1.48 bits per heavy atom. The van der Waals surface area contributed by atoms with Gasteiger partial charge in [0.25, 0.3) is 0 Å². The van der Waals surface area contributed by atoms with Crippen LogP contribution >= 0.6 is 0 Å². The number of piperidine rings is 2. The van der Waals surface area contributed by atoms with Gasteiger partial charge in [-0.25, -0.2) is 0 Å². The van der Waals surface area contributed by atoms with Gasteiger partial charge in [-0.1, -0.05) is 24.3 Å². The first-order valence-corrected chi connectivity index (χ1v) is 8.95. The van der Waals surface area contributed by atoms with Crippen LogP contribution < -0.4 is 5.32 Å². The van der Waals surface area contributed by atoms with E-state index in [4.69, 9.17) is 4.74 Å². The number of anilines is 1. The van der Waals surface area contributed by atoms with Gasteiger partial charge in [0, 0.05) is 30.0 Å². The number of fused-ring (bicyclic) bond motifs is 5. The van der Waals surface area contributed by atoms with Gasteiger partial charge in [-0.15, -0.1) is 6.58 Å². The van der Waals surface area contributed by atoms with Crippen molar-refractivity contribution in [1.82, 2.24) is 4.90 Å². The Kier molecular flexibility index (Phi) is 3.82. The Bertz CT molecular complexity index is 731. The van der Waals surface area contributed by atoms with Crippen LogP contribution in [0.4, 0.5) is 5.69 Å². The molecule has 0 radical (unpaired) electrons. The number of ether oxygens (including phenoxy) is 1. The number of benzene rings is 1. The van der Waals surface area contributed by atoms with E-state index in [9.17, 15) is 9.59 Å². The Balaban J connectivity index is 1.76. The number of amides is 1. The van der Waals surface area contributed by atoms with Gasteiger partial charge in [0.15, 0.2) is 0 Å². The van der Waals surface area contributed by atoms with Crippen molar-refractivity contribution in [2.75, 3.05) is 19.0 Å². The van der Waals surface area contributed by atoms with Crippen LogP contribution in [0.5, 0.6) is 0 Å². The zero-order valence-electron chi connectivity index (χ0n) is 14.5. The van der Waals surface area contributed by atoms with E-state index in [0.29, 0.717) is 6.42 Å². The number of methoxy groups -OCH3 is 1. The molecule has 0 aliphatic carbocycles. The molecule has 3 aliphatic rings. The van der Waals surface area contributed by atoms with Crippen molar-refractivity contribution in [1.29, 1.82) is 0 Å². The van der Waals surface area contributed by atoms with Crippen LogP contribution in [0.2, 0.25) is 0 Å². The maximum absolute atomic E-state index is 12.9. The Morgan fingerprint density at radius 2 is 2.28 bits per heavy atom. The monoisotopic (exact) mass is 340 g/mol. The fourth-order valence-electron chi connectivity index (χ4n) is 5.10. The second-order valence-electron chi connectivity index (χ2n) is 7.39. The van der Waals surface area contributed by atoms with Crippen LogP contribution in [0.1, 0.15) is 37.2 Å². The lowest BCUT2D eigenvalue weighted by Crippen LogP contribution is -2.64. The summed E-state index contributed by atoms with van der Waals surface area (Å²) in [6, 6.07) is 8.25. The number of para-hydroxylation sites is 1. The maximum atomic E-state index is 12.9. The highest BCUT2D eigenvalue weighted by Crippen LogP contribution is 2.52. The predicted octanol–water partition coefficient (Wildman–Crippen LogP) is 2.69. The molecule has 1 aromatic carbocycles. The molecule has 0 saturated carbocycles. The van der Waals surface area contributed by atoms with Crippen LogP contribution in [0.25, 0.3) is 0 Å². The second-order valence-corrected chi connectivity index (χ2v) is 7.39. The quantitative estimate of drug-likeness (QED) is 0.679. The smallest absolute Gasteiger partial charge is 0.306 e. The minimum Gasteiger partial charge on any atom is -0.469 e. The van der Waals surface area contributed by atoms with Gasteiger partial charge in [0.2, 0.25) is 5.91 Å². The zero-order chi connectivity index (χ0) is 17.6. The van der Waals surface area contributed by atoms with E-state index in [2.05, 4.69) is 24.0 Å². The fraction of sp³-hybridized carbons (Fsp3) is 0.500. The number of rotatable bonds is 3. The van der Waals surface area contributed by atoms with E-state index < -0.39 is 5.41 Å². The third kappa shape index (κ3) is 2.36. The lowest BCUT2D eigenvalue weighted by atomic mass is 9.64. The molecule has 1 aromatic rings. The molecule has 1 amide bonds. The predicted molar refractivity (Wildman–Crippen MR) is 95.2 cm³/mol. The molecule has 0 bridgehead atoms. The van der Waals surface area contributed by atoms with Crippen LogP contribution in [0, 0.1) is 5.41 Å². The van der Waals surface area contributed by atoms with Crippen molar-refractivity contribution >= 4 is 17.6 Å². The molecule has 132 valence electrons. The largest absolute Gasteiger partial charge is 0.469 e. The van der Waals surface area contributed by atoms with E-state index in [1.165, 1.54) is 12.7 Å². The molecular formula is C20H24N2O3. The third-order valence-electron chi connectivity index (χ3n) is 6.24. The van der Waals surface area contributed by atoms with Crippen LogP contribution in [-0.4, -0.2) is 42.5 Å². The molecule has 25 heavy (non-hydrogen) atoms. The average molecular weight is 340 g/mol. The number of carbonyl (C=O) groups is 2. The van der Waals surface area contributed by atoms with Crippen LogP contribution in [0.15, 0.2) is 36.9 Å². The molecule has 2 saturated heterocycles. The summed E-state index contributed by atoms with van der Waals surface area (Å²) in [7, 11) is 1.41. The van der Waals surface area contributed by atoms with E-state index in [-0.39, 0.29) is 36.3 Å². The number of hydrogen-bond donors (Lipinski definition) is 1. The van der Waals surface area contributed by atoms with Crippen molar-refractivity contribution in [3.8, 4) is 0 Å². The van der Waals surface area contributed by atoms with Crippen molar-refractivity contribution in [2.24, 2.45) is 5.41 Å². The molecule has 5 nitrogen and oxygen atoms in total. The molecule has 3 aliphatic heterocycles. The molecule has 4 rings (SSSR count). The topological polar surface area (TPSA) is 58.6 Å². The van der Waals surface area contributed by atoms with Crippen molar-refractivity contribution in [3.05, 3.63) is 42.5 Å². The van der Waals surface area contributed by atoms with Crippen LogP contribution in [0.3, 0.4) is 0 Å². The van der Waals surface area contributed by atoms with Crippen molar-refractivity contribution in [2.45, 2.75) is 43.7 Å². The van der Waals surface area contributed by atoms with Crippen LogP contribution in [-0.2, 0) is 14.3 Å². The van der Waals surface area contributed by atoms with E-state index in [0.717, 1.165) is 25.1 Å². The molecule has 0 aromatic heterocycles. The minimum atomic E-state index is -0.445. The Labute approximate surface area is 148 Å². The molecule has 5 heteroatoms. The van der Waals surface area contributed by atoms with Gasteiger partial charge in [-0.05, 0) is 24.5 Å². The van der Waals surface area contributed by atoms with E-state index >= 15 is 0 Å². The van der Waals surface area contributed by atoms with Crippen molar-refractivity contribution < 1.29 is 14.3 Å². The SMILES string of the molecule is C=C[C@@]1(CC(=O)OC)CCCN2C(=O)C[C@@H]3c4ccccc4N[C@@H]3[C@H]21. The molecule has 4 atom stereocenters. The summed E-state index contributed by atoms with van der Waals surface area (Å²) in [5.41, 5.74) is 1.87. The van der Waals surface area contributed by atoms with E-state index in [1.807, 2.05) is 23.1 Å². The standard InChI is InChI=1S/C20H24N2O3/c1-3-20(12-17(24)25-2)9-6-10-22-16(23)11-14-13-7-4-5-8-15(13)21-18(14)19(20)22/h3-5,7-8,14,18-19,21H,1,6,9-12H2,2H3/t14-,18+,19+,20+/m1/s1. The van der Waals surface area contributed by atoms with Gasteiger partial charge < -0.3 is 15.0 Å². The lowest BCUT2D eigenvalue weighted by Gasteiger charge is -2.54. The minimum absolute atomic E-state index is 0.0727. The maximum Gasteiger partial charge on any atom is 0.306 e. The number of esters is 1. The highest BCUT2D eigenvalue weighted by Gasteiger charge is 2.56. The second kappa shape index (κ2) is 5.90. The van der Waals surface area contributed by atoms with Gasteiger partial charge >= 0.3 is 5.97 Å².